The Bertz CT molecular complexity index is 685. The van der Waals surface area contributed by atoms with Crippen molar-refractivity contribution in [2.45, 2.75) is 38.1 Å². The van der Waals surface area contributed by atoms with Crippen molar-refractivity contribution in [2.75, 3.05) is 5.75 Å². The van der Waals surface area contributed by atoms with E-state index in [0.717, 1.165) is 24.3 Å². The second-order valence-electron chi connectivity index (χ2n) is 6.17. The summed E-state index contributed by atoms with van der Waals surface area (Å²) in [6, 6.07) is 3.26. The Kier molecular flexibility index (Phi) is 6.89. The third-order valence-electron chi connectivity index (χ3n) is 3.41. The summed E-state index contributed by atoms with van der Waals surface area (Å²) in [5.74, 6) is -3.73. The van der Waals surface area contributed by atoms with E-state index < -0.39 is 45.2 Å². The smallest absolute Gasteiger partial charge is 0.326 e. The van der Waals surface area contributed by atoms with Gasteiger partial charge in [0.05, 0.1) is 10.6 Å². The molecule has 0 aromatic heterocycles. The van der Waals surface area contributed by atoms with Crippen LogP contribution in [0.4, 0.5) is 4.39 Å². The van der Waals surface area contributed by atoms with Crippen LogP contribution >= 0.6 is 0 Å². The van der Waals surface area contributed by atoms with Crippen LogP contribution < -0.4 is 5.32 Å². The molecule has 0 aliphatic rings. The van der Waals surface area contributed by atoms with Crippen LogP contribution in [0.15, 0.2) is 29.2 Å². The first-order chi connectivity index (χ1) is 11.0. The molecule has 0 bridgehead atoms. The third kappa shape index (κ3) is 5.92. The molecule has 134 valence electrons. The van der Waals surface area contributed by atoms with Gasteiger partial charge in [0, 0.05) is 5.92 Å². The number of amides is 1. The zero-order valence-electron chi connectivity index (χ0n) is 13.8. The molecular weight excluding hydrogens is 337 g/mol. The summed E-state index contributed by atoms with van der Waals surface area (Å²) in [7, 11) is -3.78. The first kappa shape index (κ1) is 20.1. The molecule has 0 saturated carbocycles. The highest BCUT2D eigenvalue weighted by molar-refractivity contribution is 7.91. The lowest BCUT2D eigenvalue weighted by molar-refractivity contribution is -0.142. The quantitative estimate of drug-likeness (QED) is 0.690. The molecule has 0 aliphatic heterocycles. The maximum atomic E-state index is 12.9. The molecule has 0 saturated heterocycles. The molecule has 1 aromatic carbocycles. The zero-order chi connectivity index (χ0) is 18.5. The number of aliphatic carboxylic acids is 1. The third-order valence-corrected chi connectivity index (χ3v) is 5.34. The normalized spacial score (nSPS) is 14.2. The molecule has 2 N–H and O–H groups in total. The lowest BCUT2D eigenvalue weighted by Crippen LogP contribution is -2.45. The maximum absolute atomic E-state index is 12.9. The van der Waals surface area contributed by atoms with E-state index in [0.29, 0.717) is 0 Å². The molecule has 0 radical (unpaired) electrons. The zero-order valence-corrected chi connectivity index (χ0v) is 14.6. The number of carbonyl (C=O) groups excluding carboxylic acids is 1. The summed E-state index contributed by atoms with van der Waals surface area (Å²) < 4.78 is 37.3. The molecule has 1 amide bonds. The van der Waals surface area contributed by atoms with Gasteiger partial charge in [0.25, 0.3) is 0 Å². The summed E-state index contributed by atoms with van der Waals surface area (Å²) in [4.78, 5) is 23.2. The number of hydrogen-bond donors (Lipinski definition) is 2. The van der Waals surface area contributed by atoms with Gasteiger partial charge in [-0.25, -0.2) is 17.6 Å². The number of halogens is 1. The minimum atomic E-state index is -3.78. The number of hydrogen-bond acceptors (Lipinski definition) is 4. The van der Waals surface area contributed by atoms with Crippen LogP contribution in [-0.4, -0.2) is 37.2 Å². The van der Waals surface area contributed by atoms with Crippen molar-refractivity contribution in [3.05, 3.63) is 30.1 Å². The standard InChI is InChI=1S/C16H22FNO5S/c1-10(2)8-14(16(20)21)18-15(19)11(3)9-24(22,23)13-6-4-12(17)5-7-13/h4-7,10-11,14H,8-9H2,1-3H3,(H,18,19)(H,20,21). The van der Waals surface area contributed by atoms with Crippen LogP contribution in [-0.2, 0) is 19.4 Å². The van der Waals surface area contributed by atoms with Crippen LogP contribution in [0.1, 0.15) is 27.2 Å². The average molecular weight is 359 g/mol. The van der Waals surface area contributed by atoms with Crippen LogP contribution in [0, 0.1) is 17.7 Å². The highest BCUT2D eigenvalue weighted by atomic mass is 32.2. The molecule has 0 aliphatic carbocycles. The summed E-state index contributed by atoms with van der Waals surface area (Å²) >= 11 is 0. The molecule has 0 spiro atoms. The molecule has 0 fully saturated rings. The number of rotatable bonds is 8. The fourth-order valence-electron chi connectivity index (χ4n) is 2.15. The number of carboxylic acid groups (broad SMARTS) is 1. The van der Waals surface area contributed by atoms with E-state index in [4.69, 9.17) is 5.11 Å². The van der Waals surface area contributed by atoms with Gasteiger partial charge in [-0.2, -0.15) is 0 Å². The van der Waals surface area contributed by atoms with Gasteiger partial charge in [-0.3, -0.25) is 4.79 Å². The Morgan fingerprint density at radius 2 is 1.71 bits per heavy atom. The summed E-state index contributed by atoms with van der Waals surface area (Å²) in [6.45, 7) is 5.06. The van der Waals surface area contributed by atoms with Gasteiger partial charge in [-0.05, 0) is 36.6 Å². The van der Waals surface area contributed by atoms with Crippen LogP contribution in [0.3, 0.4) is 0 Å². The monoisotopic (exact) mass is 359 g/mol. The first-order valence-corrected chi connectivity index (χ1v) is 9.19. The first-order valence-electron chi connectivity index (χ1n) is 7.54. The molecule has 1 rings (SSSR count). The topological polar surface area (TPSA) is 101 Å². The molecule has 8 heteroatoms. The molecule has 1 aromatic rings. The predicted octanol–water partition coefficient (Wildman–Crippen LogP) is 1.85. The molecule has 2 unspecified atom stereocenters. The molecular formula is C16H22FNO5S. The fourth-order valence-corrected chi connectivity index (χ4v) is 3.70. The lowest BCUT2D eigenvalue weighted by atomic mass is 10.0. The Hall–Kier alpha value is -1.96. The van der Waals surface area contributed by atoms with E-state index in [2.05, 4.69) is 5.32 Å². The Labute approximate surface area is 141 Å². The van der Waals surface area contributed by atoms with Crippen molar-refractivity contribution in [1.29, 1.82) is 0 Å². The summed E-state index contributed by atoms with van der Waals surface area (Å²) in [5.41, 5.74) is 0. The Balaban J connectivity index is 2.78. The van der Waals surface area contributed by atoms with E-state index in [-0.39, 0.29) is 17.2 Å². The summed E-state index contributed by atoms with van der Waals surface area (Å²) in [6.07, 6.45) is 0.249. The largest absolute Gasteiger partial charge is 0.480 e. The van der Waals surface area contributed by atoms with Gasteiger partial charge in [0.15, 0.2) is 9.84 Å². The predicted molar refractivity (Wildman–Crippen MR) is 86.6 cm³/mol. The number of sulfone groups is 1. The van der Waals surface area contributed by atoms with Crippen molar-refractivity contribution in [3.8, 4) is 0 Å². The van der Waals surface area contributed by atoms with Crippen molar-refractivity contribution in [3.63, 3.8) is 0 Å². The fraction of sp³-hybridized carbons (Fsp3) is 0.500. The second kappa shape index (κ2) is 8.23. The van der Waals surface area contributed by atoms with E-state index in [1.807, 2.05) is 13.8 Å². The van der Waals surface area contributed by atoms with Crippen molar-refractivity contribution in [2.24, 2.45) is 11.8 Å². The van der Waals surface area contributed by atoms with E-state index in [9.17, 15) is 22.4 Å². The molecule has 24 heavy (non-hydrogen) atoms. The SMILES string of the molecule is CC(C)CC(NC(=O)C(C)CS(=O)(=O)c1ccc(F)cc1)C(=O)O. The van der Waals surface area contributed by atoms with Gasteiger partial charge in [0.1, 0.15) is 11.9 Å². The van der Waals surface area contributed by atoms with Crippen LogP contribution in [0.25, 0.3) is 0 Å². The Morgan fingerprint density at radius 1 is 1.17 bits per heavy atom. The second-order valence-corrected chi connectivity index (χ2v) is 8.20. The van der Waals surface area contributed by atoms with E-state index in [1.54, 1.807) is 0 Å². The minimum absolute atomic E-state index is 0.0599. The number of nitrogens with one attached hydrogen (secondary N) is 1. The maximum Gasteiger partial charge on any atom is 0.326 e. The van der Waals surface area contributed by atoms with Gasteiger partial charge in [-0.1, -0.05) is 20.8 Å². The average Bonchev–Trinajstić information content (AvgIpc) is 2.45. The van der Waals surface area contributed by atoms with Crippen molar-refractivity contribution < 1.29 is 27.5 Å². The molecule has 0 heterocycles. The van der Waals surface area contributed by atoms with Crippen molar-refractivity contribution >= 4 is 21.7 Å². The molecule has 2 atom stereocenters. The van der Waals surface area contributed by atoms with Gasteiger partial charge in [-0.15, -0.1) is 0 Å². The van der Waals surface area contributed by atoms with Crippen LogP contribution in [0.2, 0.25) is 0 Å². The van der Waals surface area contributed by atoms with Gasteiger partial charge < -0.3 is 10.4 Å². The Morgan fingerprint density at radius 3 is 2.17 bits per heavy atom. The lowest BCUT2D eigenvalue weighted by Gasteiger charge is -2.19. The molecule has 6 nitrogen and oxygen atoms in total. The van der Waals surface area contributed by atoms with Crippen LogP contribution in [0.5, 0.6) is 0 Å². The van der Waals surface area contributed by atoms with E-state index in [1.165, 1.54) is 6.92 Å². The van der Waals surface area contributed by atoms with E-state index >= 15 is 0 Å². The number of benzene rings is 1. The highest BCUT2D eigenvalue weighted by Gasteiger charge is 2.27. The van der Waals surface area contributed by atoms with Gasteiger partial charge in [0.2, 0.25) is 5.91 Å². The minimum Gasteiger partial charge on any atom is -0.480 e. The highest BCUT2D eigenvalue weighted by Crippen LogP contribution is 2.15. The number of carbonyl (C=O) groups is 2. The summed E-state index contributed by atoms with van der Waals surface area (Å²) in [5, 5.41) is 11.5. The number of carboxylic acids is 1. The van der Waals surface area contributed by atoms with Crippen molar-refractivity contribution in [1.82, 2.24) is 5.32 Å². The van der Waals surface area contributed by atoms with Gasteiger partial charge >= 0.3 is 5.97 Å².